The number of benzene rings is 1. The molecule has 19 heavy (non-hydrogen) atoms. The second-order valence-electron chi connectivity index (χ2n) is 4.45. The zero-order valence-electron chi connectivity index (χ0n) is 10.8. The highest BCUT2D eigenvalue weighted by atomic mass is 32.2. The van der Waals surface area contributed by atoms with Gasteiger partial charge in [0.05, 0.1) is 9.90 Å². The first-order valence-electron chi connectivity index (χ1n) is 5.90. The Morgan fingerprint density at radius 3 is 2.53 bits per heavy atom. The number of hydrogen-bond donors (Lipinski definition) is 1. The van der Waals surface area contributed by atoms with Crippen molar-refractivity contribution in [1.82, 2.24) is 4.98 Å². The number of aromatic nitrogens is 1. The fraction of sp³-hybridized carbons (Fsp3) is 0.308. The first-order valence-corrected chi connectivity index (χ1v) is 8.67. The Hall–Kier alpha value is -1.40. The number of nitrogens with one attached hydrogen (secondary N) is 1. The van der Waals surface area contributed by atoms with Gasteiger partial charge in [-0.05, 0) is 24.3 Å². The third kappa shape index (κ3) is 3.78. The molecule has 1 aromatic carbocycles. The van der Waals surface area contributed by atoms with E-state index in [0.29, 0.717) is 10.8 Å². The lowest BCUT2D eigenvalue weighted by Gasteiger charge is -2.11. The molecule has 1 N–H and O–H groups in total. The molecule has 0 radical (unpaired) electrons. The third-order valence-corrected chi connectivity index (χ3v) is 4.90. The molecule has 0 amide bonds. The van der Waals surface area contributed by atoms with E-state index in [1.54, 1.807) is 41.8 Å². The number of sulfone groups is 1. The second-order valence-corrected chi connectivity index (χ2v) is 7.39. The van der Waals surface area contributed by atoms with Gasteiger partial charge in [0.2, 0.25) is 0 Å². The lowest BCUT2D eigenvalue weighted by atomic mass is 10.2. The van der Waals surface area contributed by atoms with Crippen molar-refractivity contribution < 1.29 is 8.42 Å². The molecule has 0 aliphatic carbocycles. The van der Waals surface area contributed by atoms with Crippen LogP contribution >= 0.6 is 11.3 Å². The Labute approximate surface area is 117 Å². The Bertz CT molecular complexity index is 619. The first-order chi connectivity index (χ1) is 8.97. The molecule has 0 spiro atoms. The van der Waals surface area contributed by atoms with Gasteiger partial charge in [-0.15, -0.1) is 11.3 Å². The molecule has 1 unspecified atom stereocenters. The predicted octanol–water partition coefficient (Wildman–Crippen LogP) is 2.76. The lowest BCUT2D eigenvalue weighted by molar-refractivity contribution is 0.602. The third-order valence-electron chi connectivity index (χ3n) is 2.77. The summed E-state index contributed by atoms with van der Waals surface area (Å²) in [5.41, 5.74) is 0.913. The Morgan fingerprint density at radius 2 is 2.00 bits per heavy atom. The van der Waals surface area contributed by atoms with Crippen molar-refractivity contribution in [1.29, 1.82) is 0 Å². The molecule has 0 fully saturated rings. The quantitative estimate of drug-likeness (QED) is 0.921. The summed E-state index contributed by atoms with van der Waals surface area (Å²) in [7, 11) is -3.12. The lowest BCUT2D eigenvalue weighted by Crippen LogP contribution is -2.09. The van der Waals surface area contributed by atoms with Gasteiger partial charge in [0, 0.05) is 36.0 Å². The van der Waals surface area contributed by atoms with Crippen molar-refractivity contribution in [3.8, 4) is 0 Å². The molecule has 2 rings (SSSR count). The minimum Gasteiger partial charge on any atom is -0.384 e. The topological polar surface area (TPSA) is 59.1 Å². The molecular formula is C13H16N2O2S2. The number of thiazole rings is 1. The van der Waals surface area contributed by atoms with E-state index in [4.69, 9.17) is 0 Å². The highest BCUT2D eigenvalue weighted by Gasteiger charge is 2.09. The summed E-state index contributed by atoms with van der Waals surface area (Å²) in [4.78, 5) is 4.61. The Balaban J connectivity index is 1.97. The molecular weight excluding hydrogens is 280 g/mol. The van der Waals surface area contributed by atoms with Crippen LogP contribution in [0.25, 0.3) is 0 Å². The summed E-state index contributed by atoms with van der Waals surface area (Å²) in [6.45, 7) is 2.88. The van der Waals surface area contributed by atoms with Crippen LogP contribution in [0.15, 0.2) is 40.7 Å². The number of hydrogen-bond acceptors (Lipinski definition) is 5. The second kappa shape index (κ2) is 5.71. The van der Waals surface area contributed by atoms with E-state index in [-0.39, 0.29) is 0 Å². The van der Waals surface area contributed by atoms with Gasteiger partial charge < -0.3 is 5.32 Å². The van der Waals surface area contributed by atoms with Gasteiger partial charge in [-0.1, -0.05) is 6.92 Å². The molecule has 1 aromatic heterocycles. The van der Waals surface area contributed by atoms with Crippen LogP contribution in [0.4, 0.5) is 5.69 Å². The van der Waals surface area contributed by atoms with E-state index in [1.165, 1.54) is 6.26 Å². The van der Waals surface area contributed by atoms with E-state index >= 15 is 0 Å². The highest BCUT2D eigenvalue weighted by molar-refractivity contribution is 7.90. The van der Waals surface area contributed by atoms with Crippen LogP contribution in [-0.4, -0.2) is 26.2 Å². The molecule has 6 heteroatoms. The molecule has 0 aliphatic heterocycles. The first kappa shape index (κ1) is 14.0. The van der Waals surface area contributed by atoms with Crippen LogP contribution in [0.5, 0.6) is 0 Å². The average molecular weight is 296 g/mol. The van der Waals surface area contributed by atoms with Crippen LogP contribution in [-0.2, 0) is 9.84 Å². The SMILES string of the molecule is CC(CNc1ccc(S(C)(=O)=O)cc1)c1nccs1. The van der Waals surface area contributed by atoms with E-state index in [9.17, 15) is 8.42 Å². The minimum atomic E-state index is -3.12. The maximum Gasteiger partial charge on any atom is 0.175 e. The van der Waals surface area contributed by atoms with Crippen LogP contribution in [0, 0.1) is 0 Å². The van der Waals surface area contributed by atoms with Gasteiger partial charge in [-0.3, -0.25) is 0 Å². The fourth-order valence-electron chi connectivity index (χ4n) is 1.66. The van der Waals surface area contributed by atoms with Crippen molar-refractivity contribution in [2.45, 2.75) is 17.7 Å². The standard InChI is InChI=1S/C13H16N2O2S2/c1-10(13-14-7-8-18-13)9-15-11-3-5-12(6-4-11)19(2,16)17/h3-8,10,15H,9H2,1-2H3. The summed E-state index contributed by atoms with van der Waals surface area (Å²) in [6, 6.07) is 6.80. The number of rotatable bonds is 5. The van der Waals surface area contributed by atoms with Crippen molar-refractivity contribution in [3.05, 3.63) is 40.8 Å². The fourth-order valence-corrected chi connectivity index (χ4v) is 2.99. The molecule has 0 saturated heterocycles. The molecule has 0 bridgehead atoms. The molecule has 102 valence electrons. The predicted molar refractivity (Wildman–Crippen MR) is 78.6 cm³/mol. The zero-order chi connectivity index (χ0) is 13.9. The summed E-state index contributed by atoms with van der Waals surface area (Å²) in [5.74, 6) is 0.328. The summed E-state index contributed by atoms with van der Waals surface area (Å²) in [6.07, 6.45) is 3.01. The van der Waals surface area contributed by atoms with Gasteiger partial charge in [-0.25, -0.2) is 13.4 Å². The Kier molecular flexibility index (Phi) is 4.21. The molecule has 0 aliphatic rings. The molecule has 4 nitrogen and oxygen atoms in total. The van der Waals surface area contributed by atoms with E-state index in [0.717, 1.165) is 17.2 Å². The number of anilines is 1. The van der Waals surface area contributed by atoms with Gasteiger partial charge in [0.1, 0.15) is 0 Å². The van der Waals surface area contributed by atoms with Crippen molar-refractivity contribution >= 4 is 26.9 Å². The summed E-state index contributed by atoms with van der Waals surface area (Å²) >= 11 is 1.64. The van der Waals surface area contributed by atoms with Crippen LogP contribution in [0.2, 0.25) is 0 Å². The molecule has 1 heterocycles. The van der Waals surface area contributed by atoms with Gasteiger partial charge >= 0.3 is 0 Å². The Morgan fingerprint density at radius 1 is 1.32 bits per heavy atom. The van der Waals surface area contributed by atoms with Gasteiger partial charge in [0.15, 0.2) is 9.84 Å². The van der Waals surface area contributed by atoms with E-state index in [1.807, 2.05) is 5.38 Å². The van der Waals surface area contributed by atoms with Crippen LogP contribution in [0.3, 0.4) is 0 Å². The van der Waals surface area contributed by atoms with Crippen molar-refractivity contribution in [3.63, 3.8) is 0 Å². The molecule has 2 aromatic rings. The molecule has 1 atom stereocenters. The minimum absolute atomic E-state index is 0.328. The van der Waals surface area contributed by atoms with Crippen LogP contribution < -0.4 is 5.32 Å². The smallest absolute Gasteiger partial charge is 0.175 e. The largest absolute Gasteiger partial charge is 0.384 e. The maximum atomic E-state index is 11.3. The zero-order valence-corrected chi connectivity index (χ0v) is 12.5. The maximum absolute atomic E-state index is 11.3. The van der Waals surface area contributed by atoms with Crippen molar-refractivity contribution in [2.75, 3.05) is 18.1 Å². The molecule has 0 saturated carbocycles. The van der Waals surface area contributed by atoms with Gasteiger partial charge in [0.25, 0.3) is 0 Å². The van der Waals surface area contributed by atoms with E-state index in [2.05, 4.69) is 17.2 Å². The number of nitrogens with zero attached hydrogens (tertiary/aromatic N) is 1. The summed E-state index contributed by atoms with van der Waals surface area (Å²) in [5, 5.41) is 6.35. The normalized spacial score (nSPS) is 13.2. The summed E-state index contributed by atoms with van der Waals surface area (Å²) < 4.78 is 22.7. The highest BCUT2D eigenvalue weighted by Crippen LogP contribution is 2.19. The van der Waals surface area contributed by atoms with Crippen molar-refractivity contribution in [2.24, 2.45) is 0 Å². The van der Waals surface area contributed by atoms with Crippen LogP contribution in [0.1, 0.15) is 17.8 Å². The van der Waals surface area contributed by atoms with E-state index < -0.39 is 9.84 Å². The van der Waals surface area contributed by atoms with Gasteiger partial charge in [-0.2, -0.15) is 0 Å². The monoisotopic (exact) mass is 296 g/mol. The average Bonchev–Trinajstić information content (AvgIpc) is 2.89.